The monoisotopic (exact) mass is 257 g/mol. The summed E-state index contributed by atoms with van der Waals surface area (Å²) in [4.78, 5) is 4.52. The highest BCUT2D eigenvalue weighted by atomic mass is 16.3. The molecule has 1 N–H and O–H groups in total. The molecule has 19 heavy (non-hydrogen) atoms. The molecule has 102 valence electrons. The van der Waals surface area contributed by atoms with Crippen molar-refractivity contribution in [3.8, 4) is 0 Å². The average Bonchev–Trinajstić information content (AvgIpc) is 3.13. The lowest BCUT2D eigenvalue weighted by atomic mass is 9.82. The van der Waals surface area contributed by atoms with Crippen molar-refractivity contribution >= 4 is 0 Å². The summed E-state index contributed by atoms with van der Waals surface area (Å²) in [5.74, 6) is 3.00. The maximum Gasteiger partial charge on any atom is 0.0626 e. The van der Waals surface area contributed by atoms with E-state index in [0.717, 1.165) is 37.0 Å². The van der Waals surface area contributed by atoms with Gasteiger partial charge < -0.3 is 5.11 Å². The smallest absolute Gasteiger partial charge is 0.0626 e. The van der Waals surface area contributed by atoms with E-state index < -0.39 is 0 Å². The second-order valence-corrected chi connectivity index (χ2v) is 6.93. The van der Waals surface area contributed by atoms with Crippen LogP contribution in [0.25, 0.3) is 0 Å². The third-order valence-corrected chi connectivity index (χ3v) is 5.90. The molecule has 2 saturated carbocycles. The van der Waals surface area contributed by atoms with E-state index in [1.165, 1.54) is 36.9 Å². The molecule has 0 aliphatic heterocycles. The first-order valence-corrected chi connectivity index (χ1v) is 7.93. The van der Waals surface area contributed by atoms with Gasteiger partial charge in [0.05, 0.1) is 6.10 Å². The maximum absolute atomic E-state index is 10.6. The Labute approximate surface area is 115 Å². The highest BCUT2D eigenvalue weighted by Gasteiger charge is 2.41. The summed E-state index contributed by atoms with van der Waals surface area (Å²) in [6.45, 7) is 0. The lowest BCUT2D eigenvalue weighted by Gasteiger charge is -2.27. The van der Waals surface area contributed by atoms with Crippen LogP contribution < -0.4 is 0 Å². The topological polar surface area (TPSA) is 33.1 Å². The van der Waals surface area contributed by atoms with Gasteiger partial charge in [-0.3, -0.25) is 4.98 Å². The Morgan fingerprint density at radius 2 is 2.21 bits per heavy atom. The average molecular weight is 257 g/mol. The molecule has 1 aromatic heterocycles. The molecule has 1 aromatic rings. The highest BCUT2D eigenvalue weighted by Crippen LogP contribution is 2.51. The van der Waals surface area contributed by atoms with E-state index in [0.29, 0.717) is 5.92 Å². The van der Waals surface area contributed by atoms with Crippen molar-refractivity contribution in [3.05, 3.63) is 29.6 Å². The molecule has 1 heterocycles. The van der Waals surface area contributed by atoms with Gasteiger partial charge >= 0.3 is 0 Å². The number of hydrogen-bond acceptors (Lipinski definition) is 2. The molecule has 4 rings (SSSR count). The fraction of sp³-hybridized carbons (Fsp3) is 0.706. The van der Waals surface area contributed by atoms with Crippen LogP contribution in [0.4, 0.5) is 0 Å². The van der Waals surface area contributed by atoms with Gasteiger partial charge in [0.1, 0.15) is 0 Å². The second-order valence-electron chi connectivity index (χ2n) is 6.93. The molecule has 0 radical (unpaired) electrons. The van der Waals surface area contributed by atoms with Crippen LogP contribution >= 0.6 is 0 Å². The van der Waals surface area contributed by atoms with Gasteiger partial charge in [-0.05, 0) is 67.9 Å². The van der Waals surface area contributed by atoms with Gasteiger partial charge in [-0.15, -0.1) is 0 Å². The zero-order chi connectivity index (χ0) is 12.8. The fourth-order valence-corrected chi connectivity index (χ4v) is 4.96. The Hall–Kier alpha value is -0.890. The Balaban J connectivity index is 1.46. The predicted octanol–water partition coefficient (Wildman–Crippen LogP) is 3.30. The summed E-state index contributed by atoms with van der Waals surface area (Å²) >= 11 is 0. The molecule has 2 fully saturated rings. The van der Waals surface area contributed by atoms with Gasteiger partial charge in [-0.1, -0.05) is 12.5 Å². The predicted molar refractivity (Wildman–Crippen MR) is 74.9 cm³/mol. The largest absolute Gasteiger partial charge is 0.392 e. The molecular weight excluding hydrogens is 234 g/mol. The number of aromatic nitrogens is 1. The van der Waals surface area contributed by atoms with Crippen molar-refractivity contribution in [3.63, 3.8) is 0 Å². The minimum Gasteiger partial charge on any atom is -0.392 e. The molecule has 5 unspecified atom stereocenters. The molecule has 0 aromatic carbocycles. The minimum absolute atomic E-state index is 0.166. The second kappa shape index (κ2) is 4.59. The highest BCUT2D eigenvalue weighted by molar-refractivity contribution is 5.29. The van der Waals surface area contributed by atoms with Crippen molar-refractivity contribution in [2.45, 2.75) is 57.0 Å². The lowest BCUT2D eigenvalue weighted by Crippen LogP contribution is -2.23. The van der Waals surface area contributed by atoms with Gasteiger partial charge in [0.2, 0.25) is 0 Å². The summed E-state index contributed by atoms with van der Waals surface area (Å²) in [7, 11) is 0. The Kier molecular flexibility index (Phi) is 2.87. The molecule has 2 heteroatoms. The Morgan fingerprint density at radius 3 is 3.00 bits per heavy atom. The molecule has 3 aliphatic carbocycles. The van der Waals surface area contributed by atoms with E-state index >= 15 is 0 Å². The molecule has 2 nitrogen and oxygen atoms in total. The Bertz CT molecular complexity index is 472. The number of pyridine rings is 1. The van der Waals surface area contributed by atoms with Crippen molar-refractivity contribution < 1.29 is 5.11 Å². The Morgan fingerprint density at radius 1 is 1.26 bits per heavy atom. The van der Waals surface area contributed by atoms with E-state index in [1.54, 1.807) is 0 Å². The molecule has 0 spiro atoms. The van der Waals surface area contributed by atoms with Crippen LogP contribution in [0.1, 0.15) is 55.7 Å². The van der Waals surface area contributed by atoms with Gasteiger partial charge in [-0.25, -0.2) is 0 Å². The first-order valence-electron chi connectivity index (χ1n) is 7.93. The third-order valence-electron chi connectivity index (χ3n) is 5.90. The van der Waals surface area contributed by atoms with Crippen LogP contribution in [0.3, 0.4) is 0 Å². The van der Waals surface area contributed by atoms with Crippen LogP contribution in [0, 0.1) is 17.8 Å². The number of aliphatic hydroxyl groups is 1. The van der Waals surface area contributed by atoms with Crippen LogP contribution in [0.2, 0.25) is 0 Å². The molecule has 5 atom stereocenters. The van der Waals surface area contributed by atoms with E-state index in [2.05, 4.69) is 11.1 Å². The summed E-state index contributed by atoms with van der Waals surface area (Å²) in [5, 5.41) is 10.6. The molecular formula is C17H23NO. The van der Waals surface area contributed by atoms with E-state index in [1.807, 2.05) is 12.3 Å². The number of aliphatic hydroxyl groups excluding tert-OH is 1. The molecule has 0 saturated heterocycles. The summed E-state index contributed by atoms with van der Waals surface area (Å²) in [6.07, 6.45) is 10.6. The molecule has 0 amide bonds. The first kappa shape index (κ1) is 11.9. The fourth-order valence-electron chi connectivity index (χ4n) is 4.96. The van der Waals surface area contributed by atoms with E-state index in [9.17, 15) is 5.11 Å². The molecule has 3 aliphatic rings. The summed E-state index contributed by atoms with van der Waals surface area (Å²) in [5.41, 5.74) is 2.54. The lowest BCUT2D eigenvalue weighted by molar-refractivity contribution is 0.0979. The SMILES string of the molecule is OC(CC1CC2CCC1C2)C1CCc2cccnc21. The van der Waals surface area contributed by atoms with Gasteiger partial charge in [0.25, 0.3) is 0 Å². The van der Waals surface area contributed by atoms with Gasteiger partial charge in [0.15, 0.2) is 0 Å². The minimum atomic E-state index is -0.166. The van der Waals surface area contributed by atoms with Crippen molar-refractivity contribution in [2.24, 2.45) is 17.8 Å². The van der Waals surface area contributed by atoms with Crippen LogP contribution in [-0.2, 0) is 6.42 Å². The van der Waals surface area contributed by atoms with Crippen LogP contribution in [0.5, 0.6) is 0 Å². The first-order chi connectivity index (χ1) is 9.31. The summed E-state index contributed by atoms with van der Waals surface area (Å²) < 4.78 is 0. The number of hydrogen-bond donors (Lipinski definition) is 1. The number of aryl methyl sites for hydroxylation is 1. The zero-order valence-electron chi connectivity index (χ0n) is 11.5. The third kappa shape index (κ3) is 2.01. The quantitative estimate of drug-likeness (QED) is 0.901. The molecule has 2 bridgehead atoms. The maximum atomic E-state index is 10.6. The summed E-state index contributed by atoms with van der Waals surface area (Å²) in [6, 6.07) is 4.19. The number of fused-ring (bicyclic) bond motifs is 3. The normalized spacial score (nSPS) is 37.5. The number of nitrogens with zero attached hydrogens (tertiary/aromatic N) is 1. The van der Waals surface area contributed by atoms with Crippen molar-refractivity contribution in [2.75, 3.05) is 0 Å². The van der Waals surface area contributed by atoms with E-state index in [-0.39, 0.29) is 6.10 Å². The van der Waals surface area contributed by atoms with Gasteiger partial charge in [-0.2, -0.15) is 0 Å². The van der Waals surface area contributed by atoms with Crippen LogP contribution in [0.15, 0.2) is 18.3 Å². The van der Waals surface area contributed by atoms with E-state index in [4.69, 9.17) is 0 Å². The van der Waals surface area contributed by atoms with Crippen molar-refractivity contribution in [1.29, 1.82) is 0 Å². The standard InChI is InChI=1S/C17H23NO/c19-16(10-14-9-11-3-4-13(14)8-11)15-6-5-12-2-1-7-18-17(12)15/h1-2,7,11,13-16,19H,3-6,8-10H2. The van der Waals surface area contributed by atoms with Crippen molar-refractivity contribution in [1.82, 2.24) is 4.98 Å². The number of rotatable bonds is 3. The zero-order valence-corrected chi connectivity index (χ0v) is 11.5. The van der Waals surface area contributed by atoms with Gasteiger partial charge in [0, 0.05) is 17.8 Å². The van der Waals surface area contributed by atoms with Crippen LogP contribution in [-0.4, -0.2) is 16.2 Å².